The first-order chi connectivity index (χ1) is 9.70. The Morgan fingerprint density at radius 3 is 2.65 bits per heavy atom. The number of aryl methyl sites for hydroxylation is 1. The molecule has 2 aromatic rings. The maximum absolute atomic E-state index is 13.2. The third kappa shape index (κ3) is 3.62. The highest BCUT2D eigenvalue weighted by molar-refractivity contribution is 7.99. The Labute approximate surface area is 123 Å². The molecule has 1 saturated carbocycles. The molecule has 20 heavy (non-hydrogen) atoms. The maximum Gasteiger partial charge on any atom is 0.124 e. The van der Waals surface area contributed by atoms with E-state index in [1.54, 1.807) is 23.9 Å². The normalized spacial score (nSPS) is 14.5. The van der Waals surface area contributed by atoms with Gasteiger partial charge in [-0.3, -0.25) is 0 Å². The number of nitrogens with one attached hydrogen (secondary N) is 1. The lowest BCUT2D eigenvalue weighted by molar-refractivity contribution is 0.624. The lowest BCUT2D eigenvalue weighted by Gasteiger charge is -2.09. The maximum atomic E-state index is 13.2. The van der Waals surface area contributed by atoms with E-state index < -0.39 is 0 Å². The number of hydrogen-bond donors (Lipinski definition) is 1. The summed E-state index contributed by atoms with van der Waals surface area (Å²) in [7, 11) is 0. The predicted octanol–water partition coefficient (Wildman–Crippen LogP) is 4.54. The van der Waals surface area contributed by atoms with E-state index >= 15 is 0 Å². The second-order valence-corrected chi connectivity index (χ2v) is 6.45. The molecule has 0 amide bonds. The summed E-state index contributed by atoms with van der Waals surface area (Å²) in [5, 5.41) is 3.53. The van der Waals surface area contributed by atoms with E-state index in [1.165, 1.54) is 30.0 Å². The van der Waals surface area contributed by atoms with Gasteiger partial charge in [-0.05, 0) is 61.2 Å². The van der Waals surface area contributed by atoms with Crippen LogP contribution in [0.25, 0.3) is 0 Å². The smallest absolute Gasteiger partial charge is 0.124 e. The lowest BCUT2D eigenvalue weighted by atomic mass is 10.1. The van der Waals surface area contributed by atoms with Crippen LogP contribution in [0.1, 0.15) is 24.0 Å². The van der Waals surface area contributed by atoms with Gasteiger partial charge in [-0.2, -0.15) is 0 Å². The molecule has 3 heteroatoms. The summed E-state index contributed by atoms with van der Waals surface area (Å²) in [6.45, 7) is 3.08. The zero-order chi connectivity index (χ0) is 13.9. The minimum absolute atomic E-state index is 0.183. The van der Waals surface area contributed by atoms with E-state index in [1.807, 2.05) is 6.07 Å². The van der Waals surface area contributed by atoms with Crippen molar-refractivity contribution in [2.75, 3.05) is 0 Å². The van der Waals surface area contributed by atoms with Crippen LogP contribution in [-0.4, -0.2) is 6.04 Å². The summed E-state index contributed by atoms with van der Waals surface area (Å²) in [6.07, 6.45) is 2.62. The summed E-state index contributed by atoms with van der Waals surface area (Å²) < 4.78 is 13.2. The van der Waals surface area contributed by atoms with Gasteiger partial charge in [0.15, 0.2) is 0 Å². The molecule has 0 aromatic heterocycles. The fourth-order valence-electron chi connectivity index (χ4n) is 2.14. The minimum Gasteiger partial charge on any atom is -0.310 e. The number of hydrogen-bond acceptors (Lipinski definition) is 2. The van der Waals surface area contributed by atoms with Gasteiger partial charge >= 0.3 is 0 Å². The molecular weight excluding hydrogens is 269 g/mol. The lowest BCUT2D eigenvalue weighted by Crippen LogP contribution is -2.15. The van der Waals surface area contributed by atoms with Crippen LogP contribution in [0.2, 0.25) is 0 Å². The summed E-state index contributed by atoms with van der Waals surface area (Å²) in [5.74, 6) is -0.183. The van der Waals surface area contributed by atoms with E-state index in [9.17, 15) is 4.39 Å². The van der Waals surface area contributed by atoms with Crippen LogP contribution in [0.3, 0.4) is 0 Å². The van der Waals surface area contributed by atoms with E-state index in [-0.39, 0.29) is 5.82 Å². The summed E-state index contributed by atoms with van der Waals surface area (Å²) in [6, 6.07) is 13.9. The average Bonchev–Trinajstić information content (AvgIpc) is 3.22. The highest BCUT2D eigenvalue weighted by Crippen LogP contribution is 2.29. The molecule has 0 aliphatic heterocycles. The van der Waals surface area contributed by atoms with E-state index in [0.717, 1.165) is 22.4 Å². The molecule has 2 aromatic carbocycles. The molecule has 0 radical (unpaired) electrons. The van der Waals surface area contributed by atoms with Crippen LogP contribution >= 0.6 is 11.8 Å². The van der Waals surface area contributed by atoms with Crippen molar-refractivity contribution in [3.05, 3.63) is 59.4 Å². The molecule has 104 valence electrons. The Kier molecular flexibility index (Phi) is 4.08. The van der Waals surface area contributed by atoms with Gasteiger partial charge in [0.1, 0.15) is 5.82 Å². The van der Waals surface area contributed by atoms with Crippen molar-refractivity contribution < 1.29 is 4.39 Å². The SMILES string of the molecule is Cc1cc(Sc2cccc(F)c2)ccc1CNC1CC1. The molecule has 0 unspecified atom stereocenters. The van der Waals surface area contributed by atoms with Crippen molar-refractivity contribution in [3.63, 3.8) is 0 Å². The zero-order valence-electron chi connectivity index (χ0n) is 11.5. The van der Waals surface area contributed by atoms with E-state index in [0.29, 0.717) is 0 Å². The van der Waals surface area contributed by atoms with Crippen molar-refractivity contribution in [2.45, 2.75) is 42.1 Å². The fourth-order valence-corrected chi connectivity index (χ4v) is 3.10. The number of rotatable bonds is 5. The van der Waals surface area contributed by atoms with E-state index in [2.05, 4.69) is 30.4 Å². The molecular formula is C17H18FNS. The molecule has 0 heterocycles. The topological polar surface area (TPSA) is 12.0 Å². The molecule has 0 bridgehead atoms. The first-order valence-electron chi connectivity index (χ1n) is 6.97. The molecule has 1 aliphatic rings. The summed E-state index contributed by atoms with van der Waals surface area (Å²) in [4.78, 5) is 2.09. The summed E-state index contributed by atoms with van der Waals surface area (Å²) in [5.41, 5.74) is 2.64. The fraction of sp³-hybridized carbons (Fsp3) is 0.294. The molecule has 0 atom stereocenters. The Morgan fingerprint density at radius 2 is 1.95 bits per heavy atom. The molecule has 1 fully saturated rings. The summed E-state index contributed by atoms with van der Waals surface area (Å²) >= 11 is 1.60. The molecule has 1 N–H and O–H groups in total. The van der Waals surface area contributed by atoms with Crippen molar-refractivity contribution in [1.82, 2.24) is 5.32 Å². The van der Waals surface area contributed by atoms with Crippen LogP contribution in [0, 0.1) is 12.7 Å². The van der Waals surface area contributed by atoms with Crippen molar-refractivity contribution in [3.8, 4) is 0 Å². The minimum atomic E-state index is -0.183. The first kappa shape index (κ1) is 13.7. The van der Waals surface area contributed by atoms with Gasteiger partial charge in [0.25, 0.3) is 0 Å². The van der Waals surface area contributed by atoms with Crippen molar-refractivity contribution in [2.24, 2.45) is 0 Å². The Hall–Kier alpha value is -1.32. The standard InChI is InChI=1S/C17H18FNS/c1-12-9-17(20-16-4-2-3-14(18)10-16)8-5-13(12)11-19-15-6-7-15/h2-5,8-10,15,19H,6-7,11H2,1H3. The van der Waals surface area contributed by atoms with Gasteiger partial charge in [-0.1, -0.05) is 23.9 Å². The molecule has 0 saturated heterocycles. The van der Waals surface area contributed by atoms with Crippen LogP contribution in [-0.2, 0) is 6.54 Å². The predicted molar refractivity (Wildman–Crippen MR) is 81.6 cm³/mol. The largest absolute Gasteiger partial charge is 0.310 e. The Balaban J connectivity index is 1.69. The number of halogens is 1. The van der Waals surface area contributed by atoms with E-state index in [4.69, 9.17) is 0 Å². The molecule has 1 aliphatic carbocycles. The van der Waals surface area contributed by atoms with Crippen LogP contribution in [0.5, 0.6) is 0 Å². The van der Waals surface area contributed by atoms with Gasteiger partial charge in [0.05, 0.1) is 0 Å². The average molecular weight is 287 g/mol. The van der Waals surface area contributed by atoms with Crippen LogP contribution in [0.15, 0.2) is 52.3 Å². The highest BCUT2D eigenvalue weighted by Gasteiger charge is 2.20. The monoisotopic (exact) mass is 287 g/mol. The third-order valence-electron chi connectivity index (χ3n) is 3.50. The number of benzene rings is 2. The third-order valence-corrected chi connectivity index (χ3v) is 4.48. The van der Waals surface area contributed by atoms with Crippen LogP contribution in [0.4, 0.5) is 4.39 Å². The van der Waals surface area contributed by atoms with Gasteiger partial charge in [0.2, 0.25) is 0 Å². The Bertz CT molecular complexity index is 608. The van der Waals surface area contributed by atoms with Crippen molar-refractivity contribution >= 4 is 11.8 Å². The highest BCUT2D eigenvalue weighted by atomic mass is 32.2. The Morgan fingerprint density at radius 1 is 1.15 bits per heavy atom. The second-order valence-electron chi connectivity index (χ2n) is 5.30. The van der Waals surface area contributed by atoms with Gasteiger partial charge in [0, 0.05) is 22.4 Å². The van der Waals surface area contributed by atoms with Gasteiger partial charge in [-0.15, -0.1) is 0 Å². The molecule has 0 spiro atoms. The quantitative estimate of drug-likeness (QED) is 0.866. The molecule has 3 rings (SSSR count). The van der Waals surface area contributed by atoms with Gasteiger partial charge < -0.3 is 5.32 Å². The first-order valence-corrected chi connectivity index (χ1v) is 7.79. The second kappa shape index (κ2) is 5.98. The zero-order valence-corrected chi connectivity index (χ0v) is 12.3. The van der Waals surface area contributed by atoms with Crippen molar-refractivity contribution in [1.29, 1.82) is 0 Å². The van der Waals surface area contributed by atoms with Gasteiger partial charge in [-0.25, -0.2) is 4.39 Å². The van der Waals surface area contributed by atoms with Crippen LogP contribution < -0.4 is 5.32 Å². The molecule has 1 nitrogen and oxygen atoms in total.